The molecule has 0 aliphatic carbocycles. The molecule has 0 saturated carbocycles. The zero-order valence-corrected chi connectivity index (χ0v) is 11.5. The van der Waals surface area contributed by atoms with Crippen molar-refractivity contribution in [1.82, 2.24) is 18.0 Å². The average Bonchev–Trinajstić information content (AvgIpc) is 2.27. The van der Waals surface area contributed by atoms with Crippen LogP contribution in [0.4, 0.5) is 0 Å². The van der Waals surface area contributed by atoms with Crippen LogP contribution in [0.15, 0.2) is 0 Å². The molecule has 0 amide bonds. The van der Waals surface area contributed by atoms with Gasteiger partial charge in [-0.25, -0.2) is 9.97 Å². The van der Waals surface area contributed by atoms with Crippen LogP contribution in [0.3, 0.4) is 0 Å². The predicted octanol–water partition coefficient (Wildman–Crippen LogP) is 2.59. The molecular formula is C6H3ClI2N4. The second-order valence-corrected chi connectivity index (χ2v) is 4.66. The van der Waals surface area contributed by atoms with E-state index >= 15 is 0 Å². The van der Waals surface area contributed by atoms with Crippen molar-refractivity contribution >= 4 is 68.1 Å². The summed E-state index contributed by atoms with van der Waals surface area (Å²) >= 11 is 10.0. The Morgan fingerprint density at radius 3 is 2.77 bits per heavy atom. The third-order valence-corrected chi connectivity index (χ3v) is 3.02. The fraction of sp³-hybridized carbons (Fsp3) is 0.167. The number of hydrogen-bond donors (Lipinski definition) is 0. The number of fused-ring (bicyclic) bond motifs is 1. The first-order valence-electron chi connectivity index (χ1n) is 3.34. The topological polar surface area (TPSA) is 43.6 Å². The smallest absolute Gasteiger partial charge is 0.192 e. The van der Waals surface area contributed by atoms with Gasteiger partial charge in [0.15, 0.2) is 8.98 Å². The SMILES string of the molecule is Cc1nn(I)c2c(Cl)nc(I)nc12. The second kappa shape index (κ2) is 3.46. The van der Waals surface area contributed by atoms with E-state index in [4.69, 9.17) is 11.6 Å². The molecule has 2 heterocycles. The van der Waals surface area contributed by atoms with Gasteiger partial charge < -0.3 is 0 Å². The van der Waals surface area contributed by atoms with Gasteiger partial charge in [0.05, 0.1) is 28.6 Å². The van der Waals surface area contributed by atoms with Crippen molar-refractivity contribution in [2.24, 2.45) is 0 Å². The van der Waals surface area contributed by atoms with Gasteiger partial charge in [0.2, 0.25) is 0 Å². The van der Waals surface area contributed by atoms with Gasteiger partial charge in [-0.3, -0.25) is 0 Å². The first-order chi connectivity index (χ1) is 6.09. The number of hydrogen-bond acceptors (Lipinski definition) is 3. The van der Waals surface area contributed by atoms with E-state index in [1.807, 2.05) is 29.5 Å². The third kappa shape index (κ3) is 1.63. The maximum atomic E-state index is 5.96. The minimum atomic E-state index is 0.449. The highest BCUT2D eigenvalue weighted by molar-refractivity contribution is 14.1. The number of nitrogens with zero attached hydrogens (tertiary/aromatic N) is 4. The van der Waals surface area contributed by atoms with Crippen molar-refractivity contribution in [3.05, 3.63) is 14.7 Å². The monoisotopic (exact) mass is 420 g/mol. The van der Waals surface area contributed by atoms with Crippen molar-refractivity contribution in [3.63, 3.8) is 0 Å². The first kappa shape index (κ1) is 9.84. The summed E-state index contributed by atoms with van der Waals surface area (Å²) in [5.41, 5.74) is 2.46. The highest BCUT2D eigenvalue weighted by Crippen LogP contribution is 2.24. The molecule has 0 spiro atoms. The van der Waals surface area contributed by atoms with E-state index in [1.165, 1.54) is 0 Å². The van der Waals surface area contributed by atoms with E-state index < -0.39 is 0 Å². The van der Waals surface area contributed by atoms with E-state index in [1.54, 1.807) is 2.90 Å². The Morgan fingerprint density at radius 1 is 1.38 bits per heavy atom. The van der Waals surface area contributed by atoms with Gasteiger partial charge in [-0.15, -0.1) is 0 Å². The molecule has 0 saturated heterocycles. The van der Waals surface area contributed by atoms with Crippen molar-refractivity contribution in [2.75, 3.05) is 0 Å². The number of aromatic nitrogens is 4. The lowest BCUT2D eigenvalue weighted by atomic mass is 10.4. The van der Waals surface area contributed by atoms with Crippen LogP contribution in [0.5, 0.6) is 0 Å². The average molecular weight is 420 g/mol. The Hall–Kier alpha value is 0.300. The predicted molar refractivity (Wildman–Crippen MR) is 67.2 cm³/mol. The van der Waals surface area contributed by atoms with Crippen LogP contribution >= 0.6 is 57.1 Å². The molecule has 0 bridgehead atoms. The van der Waals surface area contributed by atoms with Crippen LogP contribution in [-0.4, -0.2) is 18.0 Å². The Bertz CT molecular complexity index is 481. The third-order valence-electron chi connectivity index (χ3n) is 1.58. The molecule has 0 unspecified atom stereocenters. The molecule has 0 aromatic carbocycles. The fourth-order valence-corrected chi connectivity index (χ4v) is 2.84. The lowest BCUT2D eigenvalue weighted by Gasteiger charge is -1.95. The quantitative estimate of drug-likeness (QED) is 0.374. The van der Waals surface area contributed by atoms with Crippen LogP contribution in [0.1, 0.15) is 5.69 Å². The van der Waals surface area contributed by atoms with Gasteiger partial charge in [0.1, 0.15) is 11.0 Å². The van der Waals surface area contributed by atoms with Gasteiger partial charge >= 0.3 is 0 Å². The summed E-state index contributed by atoms with van der Waals surface area (Å²) < 4.78 is 2.31. The summed E-state index contributed by atoms with van der Waals surface area (Å²) in [7, 11) is 0. The summed E-state index contributed by atoms with van der Waals surface area (Å²) in [6.45, 7) is 1.90. The van der Waals surface area contributed by atoms with Crippen LogP contribution in [0, 0.1) is 10.8 Å². The lowest BCUT2D eigenvalue weighted by molar-refractivity contribution is 1.04. The highest BCUT2D eigenvalue weighted by Gasteiger charge is 2.12. The zero-order chi connectivity index (χ0) is 9.59. The van der Waals surface area contributed by atoms with E-state index in [-0.39, 0.29) is 0 Å². The van der Waals surface area contributed by atoms with Crippen molar-refractivity contribution in [3.8, 4) is 0 Å². The fourth-order valence-electron chi connectivity index (χ4n) is 1.05. The molecule has 2 aromatic rings. The Kier molecular flexibility index (Phi) is 2.62. The molecule has 68 valence electrons. The van der Waals surface area contributed by atoms with E-state index in [0.29, 0.717) is 8.98 Å². The van der Waals surface area contributed by atoms with E-state index in [0.717, 1.165) is 16.7 Å². The highest BCUT2D eigenvalue weighted by atomic mass is 127. The molecule has 0 radical (unpaired) electrons. The largest absolute Gasteiger partial charge is 0.219 e. The molecule has 0 aliphatic rings. The number of aryl methyl sites for hydroxylation is 1. The summed E-state index contributed by atoms with van der Waals surface area (Å²) in [6, 6.07) is 0. The van der Waals surface area contributed by atoms with E-state index in [9.17, 15) is 0 Å². The minimum absolute atomic E-state index is 0.449. The Balaban J connectivity index is 2.97. The number of halogens is 3. The Morgan fingerprint density at radius 2 is 2.08 bits per heavy atom. The molecule has 13 heavy (non-hydrogen) atoms. The summed E-state index contributed by atoms with van der Waals surface area (Å²) in [6.07, 6.45) is 0. The van der Waals surface area contributed by atoms with Gasteiger partial charge in [0, 0.05) is 22.6 Å². The van der Waals surface area contributed by atoms with Gasteiger partial charge in [0.25, 0.3) is 0 Å². The molecular weight excluding hydrogens is 417 g/mol. The van der Waals surface area contributed by atoms with Crippen LogP contribution in [-0.2, 0) is 0 Å². The molecule has 2 aromatic heterocycles. The molecule has 0 aliphatic heterocycles. The molecule has 0 atom stereocenters. The molecule has 4 nitrogen and oxygen atoms in total. The van der Waals surface area contributed by atoms with Crippen molar-refractivity contribution < 1.29 is 0 Å². The van der Waals surface area contributed by atoms with Crippen LogP contribution in [0.25, 0.3) is 11.0 Å². The van der Waals surface area contributed by atoms with Crippen molar-refractivity contribution in [2.45, 2.75) is 6.92 Å². The summed E-state index contributed by atoms with van der Waals surface area (Å²) in [4.78, 5) is 8.31. The molecule has 7 heteroatoms. The van der Waals surface area contributed by atoms with Crippen molar-refractivity contribution in [1.29, 1.82) is 0 Å². The lowest BCUT2D eigenvalue weighted by Crippen LogP contribution is -1.90. The number of rotatable bonds is 0. The van der Waals surface area contributed by atoms with Gasteiger partial charge in [-0.1, -0.05) is 11.6 Å². The standard InChI is InChI=1S/C6H3ClI2N4/c1-2-3-4(13(9)12-2)5(7)11-6(8)10-3/h1H3. The minimum Gasteiger partial charge on any atom is -0.219 e. The van der Waals surface area contributed by atoms with E-state index in [2.05, 4.69) is 37.9 Å². The summed E-state index contributed by atoms with van der Waals surface area (Å²) in [5, 5.41) is 4.65. The maximum absolute atomic E-state index is 5.96. The summed E-state index contributed by atoms with van der Waals surface area (Å²) in [5.74, 6) is 0. The van der Waals surface area contributed by atoms with Gasteiger partial charge in [-0.05, 0) is 6.92 Å². The molecule has 0 N–H and O–H groups in total. The molecule has 0 fully saturated rings. The normalized spacial score (nSPS) is 11.1. The molecule has 2 rings (SSSR count). The Labute approximate surface area is 107 Å². The second-order valence-electron chi connectivity index (χ2n) is 2.43. The van der Waals surface area contributed by atoms with Crippen LogP contribution in [0.2, 0.25) is 5.15 Å². The zero-order valence-electron chi connectivity index (χ0n) is 6.42. The van der Waals surface area contributed by atoms with Gasteiger partial charge in [-0.2, -0.15) is 7.99 Å². The maximum Gasteiger partial charge on any atom is 0.192 e. The first-order valence-corrected chi connectivity index (χ1v) is 5.76. The van der Waals surface area contributed by atoms with Crippen LogP contribution < -0.4 is 0 Å².